The van der Waals surface area contributed by atoms with Gasteiger partial charge in [0.05, 0.1) is 12.2 Å². The molecule has 188 valence electrons. The molecule has 0 amide bonds. The highest BCUT2D eigenvalue weighted by Crippen LogP contribution is 2.24. The van der Waals surface area contributed by atoms with Crippen LogP contribution in [-0.4, -0.2) is 42.5 Å². The molecule has 1 aliphatic carbocycles. The van der Waals surface area contributed by atoms with E-state index in [9.17, 15) is 15.2 Å². The molecule has 0 bridgehead atoms. The molecule has 0 saturated carbocycles. The molecule has 35 heavy (non-hydrogen) atoms. The Morgan fingerprint density at radius 1 is 1.14 bits per heavy atom. The summed E-state index contributed by atoms with van der Waals surface area (Å²) in [5.41, 5.74) is 5.37. The normalized spacial score (nSPS) is 14.0. The van der Waals surface area contributed by atoms with Gasteiger partial charge in [0.1, 0.15) is 24.5 Å². The second kappa shape index (κ2) is 12.7. The number of aliphatic hydroxyl groups is 1. The van der Waals surface area contributed by atoms with Crippen LogP contribution in [0.4, 0.5) is 0 Å². The fourth-order valence-electron chi connectivity index (χ4n) is 4.53. The summed E-state index contributed by atoms with van der Waals surface area (Å²) < 4.78 is 10.7. The molecule has 6 nitrogen and oxygen atoms in total. The van der Waals surface area contributed by atoms with Crippen LogP contribution in [0, 0.1) is 11.3 Å². The predicted octanol–water partition coefficient (Wildman–Crippen LogP) is 4.28. The summed E-state index contributed by atoms with van der Waals surface area (Å²) in [4.78, 5) is 11.6. The number of β-amino-alcohol motifs (C(OH)–C–C–N with tert-alkyl or cyclic N) is 1. The SMILES string of the molecule is CCOC(=O)CCc1ccc(OC[C@H](O)CNC(C)(C)Cc2ccc3c(c2)CCCC3)c(C#N)c1. The number of aryl methyl sites for hydroxylation is 3. The standard InChI is InChI=1S/C29H38N2O4/c1-4-34-28(33)14-11-21-10-13-27(25(15-21)18-30)35-20-26(32)19-31-29(2,3)17-22-9-12-23-7-5-6-8-24(23)16-22/h9-10,12-13,15-16,26,31-32H,4-8,11,14,17,19-20H2,1-3H3/t26-/m1/s1. The van der Waals surface area contributed by atoms with Crippen LogP contribution in [0.1, 0.15) is 67.9 Å². The predicted molar refractivity (Wildman–Crippen MR) is 136 cm³/mol. The number of fused-ring (bicyclic) bond motifs is 1. The average molecular weight is 479 g/mol. The highest BCUT2D eigenvalue weighted by molar-refractivity contribution is 5.69. The molecule has 0 heterocycles. The van der Waals surface area contributed by atoms with Crippen LogP contribution in [0.25, 0.3) is 0 Å². The Bertz CT molecular complexity index is 1040. The summed E-state index contributed by atoms with van der Waals surface area (Å²) in [6.07, 6.45) is 5.84. The lowest BCUT2D eigenvalue weighted by atomic mass is 9.87. The first kappa shape index (κ1) is 26.7. The Morgan fingerprint density at radius 3 is 2.63 bits per heavy atom. The van der Waals surface area contributed by atoms with Gasteiger partial charge in [-0.2, -0.15) is 5.26 Å². The number of rotatable bonds is 12. The van der Waals surface area contributed by atoms with Gasteiger partial charge in [0.15, 0.2) is 0 Å². The van der Waals surface area contributed by atoms with Crippen molar-refractivity contribution in [2.24, 2.45) is 0 Å². The lowest BCUT2D eigenvalue weighted by Crippen LogP contribution is -2.46. The van der Waals surface area contributed by atoms with E-state index in [1.165, 1.54) is 42.4 Å². The Balaban J connectivity index is 1.47. The quantitative estimate of drug-likeness (QED) is 0.443. The van der Waals surface area contributed by atoms with Crippen molar-refractivity contribution in [1.29, 1.82) is 5.26 Å². The molecule has 0 radical (unpaired) electrons. The number of aliphatic hydroxyl groups excluding tert-OH is 1. The van der Waals surface area contributed by atoms with Crippen LogP contribution in [-0.2, 0) is 35.2 Å². The molecule has 0 spiro atoms. The summed E-state index contributed by atoms with van der Waals surface area (Å²) in [7, 11) is 0. The van der Waals surface area contributed by atoms with Crippen molar-refractivity contribution in [3.8, 4) is 11.8 Å². The van der Waals surface area contributed by atoms with Crippen LogP contribution in [0.3, 0.4) is 0 Å². The molecule has 2 N–H and O–H groups in total. The van der Waals surface area contributed by atoms with Crippen molar-refractivity contribution in [2.45, 2.75) is 77.4 Å². The molecular formula is C29H38N2O4. The molecule has 2 aromatic rings. The maximum absolute atomic E-state index is 11.6. The first-order valence-electron chi connectivity index (χ1n) is 12.6. The van der Waals surface area contributed by atoms with Gasteiger partial charge in [-0.1, -0.05) is 24.3 Å². The van der Waals surface area contributed by atoms with Crippen molar-refractivity contribution in [1.82, 2.24) is 5.32 Å². The van der Waals surface area contributed by atoms with Crippen molar-refractivity contribution in [3.05, 3.63) is 64.2 Å². The zero-order valence-electron chi connectivity index (χ0n) is 21.2. The summed E-state index contributed by atoms with van der Waals surface area (Å²) >= 11 is 0. The first-order valence-corrected chi connectivity index (χ1v) is 12.6. The van der Waals surface area contributed by atoms with Gasteiger partial charge < -0.3 is 19.9 Å². The molecule has 3 rings (SSSR count). The summed E-state index contributed by atoms with van der Waals surface area (Å²) in [5.74, 6) is 0.177. The van der Waals surface area contributed by atoms with Crippen molar-refractivity contribution >= 4 is 5.97 Å². The maximum Gasteiger partial charge on any atom is 0.306 e. The average Bonchev–Trinajstić information content (AvgIpc) is 2.85. The minimum atomic E-state index is -0.715. The third-order valence-corrected chi connectivity index (χ3v) is 6.39. The van der Waals surface area contributed by atoms with Crippen LogP contribution in [0.2, 0.25) is 0 Å². The van der Waals surface area contributed by atoms with E-state index in [2.05, 4.69) is 43.4 Å². The number of hydrogen-bond donors (Lipinski definition) is 2. The van der Waals surface area contributed by atoms with E-state index in [4.69, 9.17) is 9.47 Å². The van der Waals surface area contributed by atoms with E-state index in [0.717, 1.165) is 12.0 Å². The van der Waals surface area contributed by atoms with E-state index in [1.807, 2.05) is 6.07 Å². The summed E-state index contributed by atoms with van der Waals surface area (Å²) in [6, 6.07) is 14.3. The number of carbonyl (C=O) groups is 1. The van der Waals surface area contributed by atoms with Gasteiger partial charge in [0.2, 0.25) is 0 Å². The zero-order chi connectivity index (χ0) is 25.3. The highest BCUT2D eigenvalue weighted by atomic mass is 16.5. The number of nitrogens with one attached hydrogen (secondary N) is 1. The first-order chi connectivity index (χ1) is 16.8. The van der Waals surface area contributed by atoms with E-state index in [-0.39, 0.29) is 24.5 Å². The van der Waals surface area contributed by atoms with Gasteiger partial charge in [0, 0.05) is 18.5 Å². The van der Waals surface area contributed by atoms with Crippen LogP contribution >= 0.6 is 0 Å². The van der Waals surface area contributed by atoms with Gasteiger partial charge >= 0.3 is 5.97 Å². The third kappa shape index (κ3) is 8.38. The van der Waals surface area contributed by atoms with Gasteiger partial charge in [-0.05, 0) is 93.7 Å². The van der Waals surface area contributed by atoms with Crippen LogP contribution < -0.4 is 10.1 Å². The monoisotopic (exact) mass is 478 g/mol. The van der Waals surface area contributed by atoms with Gasteiger partial charge in [-0.3, -0.25) is 4.79 Å². The molecule has 2 aromatic carbocycles. The second-order valence-corrected chi connectivity index (χ2v) is 9.96. The lowest BCUT2D eigenvalue weighted by molar-refractivity contribution is -0.143. The number of carbonyl (C=O) groups excluding carboxylic acids is 1. The zero-order valence-corrected chi connectivity index (χ0v) is 21.2. The number of hydrogen-bond acceptors (Lipinski definition) is 6. The topological polar surface area (TPSA) is 91.6 Å². The number of nitriles is 1. The summed E-state index contributed by atoms with van der Waals surface area (Å²) in [5, 5.41) is 23.4. The van der Waals surface area contributed by atoms with Gasteiger partial charge in [-0.25, -0.2) is 0 Å². The maximum atomic E-state index is 11.6. The van der Waals surface area contributed by atoms with Crippen molar-refractivity contribution in [3.63, 3.8) is 0 Å². The Labute approximate surface area is 209 Å². The van der Waals surface area contributed by atoms with Crippen LogP contribution in [0.5, 0.6) is 5.75 Å². The molecule has 0 aromatic heterocycles. The highest BCUT2D eigenvalue weighted by Gasteiger charge is 2.21. The molecule has 1 aliphatic rings. The van der Waals surface area contributed by atoms with Gasteiger partial charge in [-0.15, -0.1) is 0 Å². The minimum absolute atomic E-state index is 0.0821. The molecule has 0 fully saturated rings. The van der Waals surface area contributed by atoms with Crippen molar-refractivity contribution in [2.75, 3.05) is 19.8 Å². The van der Waals surface area contributed by atoms with Gasteiger partial charge in [0.25, 0.3) is 0 Å². The number of esters is 1. The van der Waals surface area contributed by atoms with E-state index >= 15 is 0 Å². The Kier molecular flexibility index (Phi) is 9.71. The van der Waals surface area contributed by atoms with E-state index in [0.29, 0.717) is 30.9 Å². The Hall–Kier alpha value is -2.88. The minimum Gasteiger partial charge on any atom is -0.489 e. The molecule has 0 aliphatic heterocycles. The van der Waals surface area contributed by atoms with Crippen LogP contribution in [0.15, 0.2) is 36.4 Å². The fourth-order valence-corrected chi connectivity index (χ4v) is 4.53. The largest absolute Gasteiger partial charge is 0.489 e. The number of benzene rings is 2. The molecular weight excluding hydrogens is 440 g/mol. The smallest absolute Gasteiger partial charge is 0.306 e. The molecule has 1 atom stereocenters. The number of ether oxygens (including phenoxy) is 2. The number of nitrogens with zero attached hydrogens (tertiary/aromatic N) is 1. The summed E-state index contributed by atoms with van der Waals surface area (Å²) in [6.45, 7) is 6.89. The van der Waals surface area contributed by atoms with E-state index < -0.39 is 6.10 Å². The van der Waals surface area contributed by atoms with E-state index in [1.54, 1.807) is 19.1 Å². The second-order valence-electron chi connectivity index (χ2n) is 9.96. The molecule has 6 heteroatoms. The van der Waals surface area contributed by atoms with Crippen molar-refractivity contribution < 1.29 is 19.4 Å². The molecule has 0 saturated heterocycles. The third-order valence-electron chi connectivity index (χ3n) is 6.39. The lowest BCUT2D eigenvalue weighted by Gasteiger charge is -2.29. The Morgan fingerprint density at radius 2 is 1.89 bits per heavy atom. The molecule has 0 unspecified atom stereocenters. The fraction of sp³-hybridized carbons (Fsp3) is 0.517.